The third-order valence-electron chi connectivity index (χ3n) is 6.20. The van der Waals surface area contributed by atoms with Gasteiger partial charge in [-0.3, -0.25) is 4.79 Å². The summed E-state index contributed by atoms with van der Waals surface area (Å²) >= 11 is 5.63. The van der Waals surface area contributed by atoms with E-state index >= 15 is 0 Å². The minimum atomic E-state index is -0.0262. The molecular formula is C24H27IN3O2S-. The van der Waals surface area contributed by atoms with Crippen molar-refractivity contribution in [1.29, 1.82) is 0 Å². The molecule has 1 aromatic heterocycles. The molecule has 7 heteroatoms. The Labute approximate surface area is 198 Å². The van der Waals surface area contributed by atoms with Gasteiger partial charge in [-0.1, -0.05) is 12.1 Å². The Morgan fingerprint density at radius 3 is 2.42 bits per heavy atom. The van der Waals surface area contributed by atoms with Crippen LogP contribution in [0.1, 0.15) is 23.2 Å². The van der Waals surface area contributed by atoms with Crippen LogP contribution in [0.25, 0.3) is 10.9 Å². The van der Waals surface area contributed by atoms with Gasteiger partial charge in [-0.15, -0.1) is 0 Å². The maximum absolute atomic E-state index is 12.9. The summed E-state index contributed by atoms with van der Waals surface area (Å²) in [6.45, 7) is 3.07. The normalized spacial score (nSPS) is 15.5. The van der Waals surface area contributed by atoms with Crippen LogP contribution in [0.5, 0.6) is 0 Å². The molecule has 4 rings (SSSR count). The zero-order chi connectivity index (χ0) is 22.0. The Kier molecular flexibility index (Phi) is 7.03. The number of para-hydroxylation sites is 1. The molecule has 1 aliphatic rings. The summed E-state index contributed by atoms with van der Waals surface area (Å²) in [7, 11) is 1.91. The second-order valence-electron chi connectivity index (χ2n) is 7.99. The zero-order valence-electron chi connectivity index (χ0n) is 17.9. The number of rotatable bonds is 6. The van der Waals surface area contributed by atoms with Crippen molar-refractivity contribution in [3.05, 3.63) is 72.8 Å². The van der Waals surface area contributed by atoms with Gasteiger partial charge in [0.15, 0.2) is 4.77 Å². The van der Waals surface area contributed by atoms with Crippen molar-refractivity contribution >= 4 is 28.9 Å². The van der Waals surface area contributed by atoms with E-state index in [1.54, 1.807) is 4.57 Å². The number of carbonyl (C=O) groups excluding carboxylic acids is 1. The Balaban J connectivity index is 1.39. The van der Waals surface area contributed by atoms with Gasteiger partial charge in [-0.25, -0.2) is 0 Å². The van der Waals surface area contributed by atoms with Gasteiger partial charge in [-0.05, 0) is 24.4 Å². The molecule has 0 spiro atoms. The molecule has 2 heterocycles. The number of benzene rings is 2. The standard InChI is InChI=1S/C24H27IN3O2S/c1-25-19-9-7-17(8-10-19)22(29)18-11-13-27(14-12-18)15-16-28-23(30)20-5-3-4-6-21(20)26(2)24(28)31/h3-10,18H,11-16H2,1-2H3/q-1. The summed E-state index contributed by atoms with van der Waals surface area (Å²) in [4.78, 5) is 30.4. The van der Waals surface area contributed by atoms with E-state index in [0.29, 0.717) is 16.7 Å². The van der Waals surface area contributed by atoms with E-state index in [1.165, 1.54) is 3.57 Å². The molecule has 1 saturated heterocycles. The fraction of sp³-hybridized carbons (Fsp3) is 0.375. The number of piperidine rings is 1. The van der Waals surface area contributed by atoms with Crippen LogP contribution in [0.15, 0.2) is 53.3 Å². The first-order chi connectivity index (χ1) is 15.0. The molecule has 2 aromatic carbocycles. The van der Waals surface area contributed by atoms with Crippen LogP contribution in [0.4, 0.5) is 0 Å². The first kappa shape index (κ1) is 22.4. The van der Waals surface area contributed by atoms with Gasteiger partial charge < -0.3 is 4.57 Å². The van der Waals surface area contributed by atoms with Crippen molar-refractivity contribution in [2.75, 3.05) is 24.6 Å². The predicted molar refractivity (Wildman–Crippen MR) is 123 cm³/mol. The van der Waals surface area contributed by atoms with Gasteiger partial charge in [0.05, 0.1) is 10.9 Å². The molecule has 0 saturated carbocycles. The molecule has 0 atom stereocenters. The molecule has 31 heavy (non-hydrogen) atoms. The summed E-state index contributed by atoms with van der Waals surface area (Å²) < 4.78 is 5.52. The molecule has 0 radical (unpaired) electrons. The number of carbonyl (C=O) groups is 1. The van der Waals surface area contributed by atoms with Crippen molar-refractivity contribution in [2.45, 2.75) is 19.4 Å². The van der Waals surface area contributed by atoms with Crippen LogP contribution in [0, 0.1) is 14.3 Å². The number of hydrogen-bond acceptors (Lipinski definition) is 4. The quantitative estimate of drug-likeness (QED) is 0.196. The average molecular weight is 548 g/mol. The maximum atomic E-state index is 12.9. The first-order valence-corrected chi connectivity index (χ1v) is 14.2. The first-order valence-electron chi connectivity index (χ1n) is 10.5. The number of ketones is 1. The van der Waals surface area contributed by atoms with Gasteiger partial charge in [0.25, 0.3) is 5.56 Å². The van der Waals surface area contributed by atoms with Crippen molar-refractivity contribution in [3.63, 3.8) is 0 Å². The van der Waals surface area contributed by atoms with E-state index in [0.717, 1.165) is 43.6 Å². The monoisotopic (exact) mass is 548 g/mol. The molecule has 0 N–H and O–H groups in total. The van der Waals surface area contributed by atoms with Crippen LogP contribution in [0.2, 0.25) is 0 Å². The number of likely N-dealkylation sites (tertiary alicyclic amines) is 1. The molecule has 164 valence electrons. The number of nitrogens with zero attached hydrogens (tertiary/aromatic N) is 3. The molecule has 3 aromatic rings. The molecule has 0 bridgehead atoms. The van der Waals surface area contributed by atoms with Crippen LogP contribution in [-0.4, -0.2) is 44.4 Å². The molecule has 0 amide bonds. The van der Waals surface area contributed by atoms with Crippen LogP contribution in [0.3, 0.4) is 0 Å². The van der Waals surface area contributed by atoms with Gasteiger partial charge in [0.2, 0.25) is 0 Å². The molecule has 0 aliphatic carbocycles. The second kappa shape index (κ2) is 9.75. The number of aryl methyl sites for hydroxylation is 1. The van der Waals surface area contributed by atoms with E-state index in [1.807, 2.05) is 48.0 Å². The van der Waals surface area contributed by atoms with Crippen molar-refractivity contribution in [3.8, 4) is 0 Å². The third-order valence-corrected chi connectivity index (χ3v) is 8.66. The van der Waals surface area contributed by atoms with Crippen molar-refractivity contribution < 1.29 is 26.0 Å². The summed E-state index contributed by atoms with van der Waals surface area (Å²) in [6.07, 6.45) is 1.73. The average Bonchev–Trinajstić information content (AvgIpc) is 2.82. The zero-order valence-corrected chi connectivity index (χ0v) is 20.9. The van der Waals surface area contributed by atoms with E-state index in [-0.39, 0.29) is 38.5 Å². The molecular weight excluding hydrogens is 521 g/mol. The summed E-state index contributed by atoms with van der Waals surface area (Å²) in [6, 6.07) is 15.8. The summed E-state index contributed by atoms with van der Waals surface area (Å²) in [5.41, 5.74) is 1.68. The molecule has 5 nitrogen and oxygen atoms in total. The summed E-state index contributed by atoms with van der Waals surface area (Å²) in [5.74, 6) is 0.361. The second-order valence-corrected chi connectivity index (χ2v) is 10.7. The fourth-order valence-corrected chi connectivity index (χ4v) is 5.65. The Hall–Kier alpha value is -1.84. The third kappa shape index (κ3) is 4.68. The molecule has 1 fully saturated rings. The fourth-order valence-electron chi connectivity index (χ4n) is 4.30. The SMILES string of the molecule is C[I-]c1ccc(C(=O)C2CCN(CCn3c(=O)c4ccccc4n(C)c3=S)CC2)cc1. The molecule has 0 unspecified atom stereocenters. The Bertz CT molecular complexity index is 1210. The summed E-state index contributed by atoms with van der Waals surface area (Å²) in [5, 5.41) is 0.694. The van der Waals surface area contributed by atoms with Gasteiger partial charge in [0, 0.05) is 7.05 Å². The molecule has 1 aliphatic heterocycles. The van der Waals surface area contributed by atoms with Gasteiger partial charge in [0.1, 0.15) is 0 Å². The number of hydrogen-bond donors (Lipinski definition) is 0. The van der Waals surface area contributed by atoms with Crippen molar-refractivity contribution in [2.24, 2.45) is 13.0 Å². The van der Waals surface area contributed by atoms with E-state index in [9.17, 15) is 9.59 Å². The Morgan fingerprint density at radius 2 is 1.74 bits per heavy atom. The van der Waals surface area contributed by atoms with E-state index in [4.69, 9.17) is 12.2 Å². The number of alkyl halides is 1. The van der Waals surface area contributed by atoms with Crippen LogP contribution < -0.4 is 26.8 Å². The predicted octanol–water partition coefficient (Wildman–Crippen LogP) is 0.553. The van der Waals surface area contributed by atoms with Crippen LogP contribution >= 0.6 is 12.2 Å². The number of fused-ring (bicyclic) bond motifs is 1. The van der Waals surface area contributed by atoms with E-state index < -0.39 is 0 Å². The van der Waals surface area contributed by atoms with Crippen LogP contribution in [-0.2, 0) is 13.6 Å². The van der Waals surface area contributed by atoms with Crippen molar-refractivity contribution in [1.82, 2.24) is 14.0 Å². The Morgan fingerprint density at radius 1 is 1.06 bits per heavy atom. The van der Waals surface area contributed by atoms with Gasteiger partial charge in [-0.2, -0.15) is 0 Å². The van der Waals surface area contributed by atoms with E-state index in [2.05, 4.69) is 22.0 Å². The number of aromatic nitrogens is 2. The number of Topliss-reactive ketones (excluding diaryl/α,β-unsaturated/α-hetero) is 1. The minimum absolute atomic E-state index is 0.0262. The van der Waals surface area contributed by atoms with Gasteiger partial charge >= 0.3 is 125 Å². The topological polar surface area (TPSA) is 47.2 Å². The number of halogens is 1.